The van der Waals surface area contributed by atoms with Crippen molar-refractivity contribution in [3.63, 3.8) is 0 Å². The number of aryl methyl sites for hydroxylation is 5. The van der Waals surface area contributed by atoms with Crippen molar-refractivity contribution in [2.75, 3.05) is 73.2 Å². The largest absolute Gasteiger partial charge is 0.493 e. The molecule has 6 aliphatic heterocycles. The van der Waals surface area contributed by atoms with Crippen molar-refractivity contribution >= 4 is 76.4 Å². The Labute approximate surface area is 621 Å². The van der Waals surface area contributed by atoms with Gasteiger partial charge >= 0.3 is 18.2 Å². The van der Waals surface area contributed by atoms with Crippen molar-refractivity contribution in [2.45, 2.75) is 167 Å². The Balaban J connectivity index is 0.000000222. The molecule has 6 atom stereocenters. The van der Waals surface area contributed by atoms with E-state index in [2.05, 4.69) is 33.8 Å². The Bertz CT molecular complexity index is 4280. The number of ketones is 2. The molecule has 9 heterocycles. The van der Waals surface area contributed by atoms with E-state index in [-0.39, 0.29) is 104 Å². The Hall–Kier alpha value is -10.5. The van der Waals surface area contributed by atoms with Gasteiger partial charge in [-0.1, -0.05) is 49.6 Å². The minimum atomic E-state index is -1.20. The van der Waals surface area contributed by atoms with Crippen LogP contribution in [0, 0.1) is 13.8 Å². The monoisotopic (exact) mass is 1470 g/mol. The van der Waals surface area contributed by atoms with Crippen LogP contribution in [0.4, 0.5) is 32.6 Å². The number of piperidine rings is 2. The standard InChI is InChI=1S/C46H54N6O9.C32H41N5O9/c1-6-20-60-46(57)52-37-26-39(29(2)23-34(37)44(56)51-19-9-7-12-35(51)45(52)61-42-14-8-10-21-59-42)58-22-11-13-41(55)47-40-28-50(5)43(48-40)38(54)24-31-15-17-32(18-16-31)33-25-36(30(3)53)49(4)27-33;1-4-14-45-32(42)37-23-18-24(43-16-9-11-26(38)33-25-19-35(3)28(34-25)31(40)41)20(2)17-21(23)29(39)36-13-7-5-10-22(36)30(37)46-27-12-6-8-15-44-27/h6,15-18,23,25-28,35,42,45H,1,7-14,19-22,24H2,2-5H3,(H,47,55);4,17-19,22,27,30H,1,5-16H2,2-3H3,(H,33,38)(H,40,41)/t35-,42?,45?;22-,27?,30?/m00/s1. The van der Waals surface area contributed by atoms with E-state index < -0.39 is 55.3 Å². The zero-order valence-corrected chi connectivity index (χ0v) is 61.6. The molecular formula is C78H95N11O18. The number of carboxylic acids is 1. The lowest BCUT2D eigenvalue weighted by atomic mass is 10.00. The number of rotatable bonds is 26. The number of imidazole rings is 2. The van der Waals surface area contributed by atoms with Crippen LogP contribution in [0.25, 0.3) is 11.1 Å². The molecule has 3 N–H and O–H groups in total. The summed E-state index contributed by atoms with van der Waals surface area (Å²) < 4.78 is 53.1. The lowest BCUT2D eigenvalue weighted by molar-refractivity contribution is -0.199. The summed E-state index contributed by atoms with van der Waals surface area (Å²) in [5.74, 6) is -1.11. The van der Waals surface area contributed by atoms with Crippen molar-refractivity contribution in [3.8, 4) is 22.6 Å². The van der Waals surface area contributed by atoms with Gasteiger partial charge in [-0.3, -0.25) is 28.8 Å². The van der Waals surface area contributed by atoms with Crippen LogP contribution in [0.3, 0.4) is 0 Å². The predicted molar refractivity (Wildman–Crippen MR) is 394 cm³/mol. The van der Waals surface area contributed by atoms with Crippen molar-refractivity contribution in [1.82, 2.24) is 33.5 Å². The summed E-state index contributed by atoms with van der Waals surface area (Å²) in [7, 11) is 5.06. The molecule has 0 aliphatic carbocycles. The zero-order chi connectivity index (χ0) is 76.0. The number of hydrogen-bond acceptors (Lipinski definition) is 19. The normalized spacial score (nSPS) is 19.8. The second-order valence-electron chi connectivity index (χ2n) is 27.5. The number of amides is 6. The molecule has 4 saturated heterocycles. The molecule has 6 amide bonds. The minimum absolute atomic E-state index is 0.0111. The van der Waals surface area contributed by atoms with Crippen LogP contribution in [-0.2, 0) is 65.6 Å². The van der Waals surface area contributed by atoms with Crippen molar-refractivity contribution in [2.24, 2.45) is 21.1 Å². The molecule has 29 heteroatoms. The summed E-state index contributed by atoms with van der Waals surface area (Å²) >= 11 is 0. The average Bonchev–Trinajstić information content (AvgIpc) is 1.63. The van der Waals surface area contributed by atoms with Crippen LogP contribution in [-0.4, -0.2) is 182 Å². The second-order valence-corrected chi connectivity index (χ2v) is 27.5. The number of carboxylic acid groups (broad SMARTS) is 1. The molecule has 12 rings (SSSR count). The molecule has 0 bridgehead atoms. The van der Waals surface area contributed by atoms with Gasteiger partial charge in [0.15, 0.2) is 48.3 Å². The summed E-state index contributed by atoms with van der Waals surface area (Å²) in [4.78, 5) is 132. The molecule has 6 aliphatic rings. The highest BCUT2D eigenvalue weighted by molar-refractivity contribution is 6.07. The minimum Gasteiger partial charge on any atom is -0.493 e. The van der Waals surface area contributed by atoms with Crippen LogP contribution >= 0.6 is 0 Å². The maximum Gasteiger partial charge on any atom is 0.416 e. The first-order chi connectivity index (χ1) is 51.6. The fraction of sp³-hybridized carbons (Fsp3) is 0.474. The van der Waals surface area contributed by atoms with Crippen LogP contribution in [0.15, 0.2) is 98.5 Å². The summed E-state index contributed by atoms with van der Waals surface area (Å²) in [6.45, 7) is 15.0. The number of aromatic nitrogens is 5. The maximum atomic E-state index is 14.2. The molecule has 4 unspecified atom stereocenters. The number of carbonyl (C=O) groups is 9. The fourth-order valence-electron chi connectivity index (χ4n) is 14.3. The number of Topliss-reactive ketones (excluding diaryl/α,β-unsaturated/α-hetero) is 2. The number of nitrogens with one attached hydrogen (secondary N) is 2. The molecule has 29 nitrogen and oxygen atoms in total. The van der Waals surface area contributed by atoms with E-state index in [1.807, 2.05) is 62.3 Å². The zero-order valence-electron chi connectivity index (χ0n) is 61.6. The molecule has 107 heavy (non-hydrogen) atoms. The lowest BCUT2D eigenvalue weighted by Gasteiger charge is -2.42. The summed E-state index contributed by atoms with van der Waals surface area (Å²) in [5, 5.41) is 14.6. The van der Waals surface area contributed by atoms with Crippen LogP contribution < -0.4 is 29.9 Å². The van der Waals surface area contributed by atoms with E-state index in [0.717, 1.165) is 68.1 Å². The smallest absolute Gasteiger partial charge is 0.416 e. The van der Waals surface area contributed by atoms with Crippen molar-refractivity contribution in [3.05, 3.63) is 144 Å². The molecule has 4 fully saturated rings. The number of fused-ring (bicyclic) bond motifs is 4. The number of aromatic carboxylic acids is 1. The van der Waals surface area contributed by atoms with Gasteiger partial charge < -0.3 is 77.1 Å². The molecule has 570 valence electrons. The highest BCUT2D eigenvalue weighted by Gasteiger charge is 2.49. The first kappa shape index (κ1) is 77.6. The maximum absolute atomic E-state index is 14.2. The van der Waals surface area contributed by atoms with Gasteiger partial charge in [0.2, 0.25) is 23.4 Å². The Morgan fingerprint density at radius 3 is 1.49 bits per heavy atom. The number of nitrogens with zero attached hydrogens (tertiary/aromatic N) is 9. The van der Waals surface area contributed by atoms with Crippen LogP contribution in [0.5, 0.6) is 11.5 Å². The quantitative estimate of drug-likeness (QED) is 0.0258. The predicted octanol–water partition coefficient (Wildman–Crippen LogP) is 11.4. The summed E-state index contributed by atoms with van der Waals surface area (Å²) in [6.07, 6.45) is 14.6. The molecule has 6 aromatic rings. The van der Waals surface area contributed by atoms with Gasteiger partial charge in [0.25, 0.3) is 11.8 Å². The van der Waals surface area contributed by atoms with Gasteiger partial charge in [-0.15, -0.1) is 0 Å². The van der Waals surface area contributed by atoms with Gasteiger partial charge in [0.05, 0.1) is 53.5 Å². The average molecular weight is 1470 g/mol. The van der Waals surface area contributed by atoms with E-state index in [1.165, 1.54) is 46.7 Å². The number of ether oxygens (including phenoxy) is 8. The third kappa shape index (κ3) is 18.7. The van der Waals surface area contributed by atoms with Gasteiger partial charge in [-0.05, 0) is 144 Å². The van der Waals surface area contributed by atoms with Crippen molar-refractivity contribution in [1.29, 1.82) is 0 Å². The summed E-state index contributed by atoms with van der Waals surface area (Å²) in [6, 6.07) is 15.5. The van der Waals surface area contributed by atoms with E-state index in [4.69, 9.17) is 43.0 Å². The molecule has 0 radical (unpaired) electrons. The Kier molecular flexibility index (Phi) is 25.9. The SMILES string of the molecule is C=CCOC(=O)N1c2cc(OCCCC(=O)Nc3cn(C)c(C(=O)Cc4ccc(-c5cc(C(C)=O)n(C)c5)cc4)n3)c(C)cc2C(=O)N2CCCC[C@H]2C1OC1CCCCO1.C=CCOC(=O)N1c2cc(OCCCC(=O)Nc3cn(C)c(C(=O)O)n3)c(C)cc2C(=O)N2CCCC[C@H]2C1OC1CCCCO1. The van der Waals surface area contributed by atoms with Gasteiger partial charge in [0, 0.05) is 110 Å². The number of benzene rings is 3. The molecule has 3 aromatic heterocycles. The third-order valence-corrected chi connectivity index (χ3v) is 19.6. The highest BCUT2D eigenvalue weighted by Crippen LogP contribution is 2.43. The van der Waals surface area contributed by atoms with Crippen molar-refractivity contribution < 1.29 is 86.2 Å². The first-order valence-electron chi connectivity index (χ1n) is 36.6. The van der Waals surface area contributed by atoms with E-state index in [1.54, 1.807) is 51.5 Å². The third-order valence-electron chi connectivity index (χ3n) is 19.6. The van der Waals surface area contributed by atoms with Crippen LogP contribution in [0.2, 0.25) is 0 Å². The topological polar surface area (TPSA) is 325 Å². The number of hydrogen-bond donors (Lipinski definition) is 3. The van der Waals surface area contributed by atoms with Crippen LogP contribution in [0.1, 0.15) is 179 Å². The van der Waals surface area contributed by atoms with E-state index in [0.29, 0.717) is 116 Å². The van der Waals surface area contributed by atoms with Gasteiger partial charge in [-0.25, -0.2) is 34.2 Å². The Morgan fingerprint density at radius 1 is 0.589 bits per heavy atom. The summed E-state index contributed by atoms with van der Waals surface area (Å²) in [5.41, 5.74) is 5.99. The van der Waals surface area contributed by atoms with E-state index in [9.17, 15) is 43.2 Å². The van der Waals surface area contributed by atoms with Gasteiger partial charge in [0.1, 0.15) is 24.7 Å². The molecular weight excluding hydrogens is 1380 g/mol. The molecule has 0 spiro atoms. The molecule has 0 saturated carbocycles. The van der Waals surface area contributed by atoms with E-state index >= 15 is 0 Å². The molecule has 3 aromatic carbocycles. The highest BCUT2D eigenvalue weighted by atomic mass is 16.7. The van der Waals surface area contributed by atoms with Gasteiger partial charge in [-0.2, -0.15) is 0 Å². The lowest BCUT2D eigenvalue weighted by Crippen LogP contribution is -2.57. The fourth-order valence-corrected chi connectivity index (χ4v) is 14.3. The second kappa shape index (κ2) is 35.7. The first-order valence-corrected chi connectivity index (χ1v) is 36.6. The number of carbonyl (C=O) groups excluding carboxylic acids is 8. The number of anilines is 4. The Morgan fingerprint density at radius 2 is 1.06 bits per heavy atom.